The molecular weight excluding hydrogens is 1020 g/mol. The quantitative estimate of drug-likeness (QED) is 0.0661. The Morgan fingerprint density at radius 1 is 0.940 bits per heavy atom. The maximum atomic E-state index is 14.4. The van der Waals surface area contributed by atoms with E-state index in [0.29, 0.717) is 30.9 Å². The van der Waals surface area contributed by atoms with Crippen LogP contribution in [0, 0.1) is 11.8 Å². The average molecular weight is 1090 g/mol. The van der Waals surface area contributed by atoms with Gasteiger partial charge in [-0.3, -0.25) is 9.42 Å². The van der Waals surface area contributed by atoms with Crippen molar-refractivity contribution in [1.29, 1.82) is 0 Å². The maximum Gasteiger partial charge on any atom is 0.417 e. The first-order valence-electron chi connectivity index (χ1n) is 22.4. The number of aliphatic hydroxyl groups excluding tert-OH is 1. The number of nitrogens with zero attached hydrogens (tertiary/aromatic N) is 3. The molecule has 18 nitrogen and oxygen atoms in total. The summed E-state index contributed by atoms with van der Waals surface area (Å²) in [6, 6.07) is 18.8. The van der Waals surface area contributed by atoms with Gasteiger partial charge in [-0.15, -0.1) is 24.0 Å². The minimum atomic E-state index is -4.17. The number of amides is 1. The number of benzene rings is 3. The minimum Gasteiger partial charge on any atom is -0.497 e. The van der Waals surface area contributed by atoms with Crippen molar-refractivity contribution < 1.29 is 65.1 Å². The number of nitrogens with one attached hydrogen (secondary N) is 1. The second kappa shape index (κ2) is 25.3. The van der Waals surface area contributed by atoms with Crippen LogP contribution in [0.3, 0.4) is 0 Å². The molecule has 3 saturated heterocycles. The third-order valence-corrected chi connectivity index (χ3v) is 14.9. The van der Waals surface area contributed by atoms with Crippen LogP contribution in [0.4, 0.5) is 4.79 Å². The number of fused-ring (bicyclic) bond motifs is 1. The van der Waals surface area contributed by atoms with Gasteiger partial charge < -0.3 is 48.3 Å². The summed E-state index contributed by atoms with van der Waals surface area (Å²) in [7, 11) is -4.69. The number of hydrogen-bond donors (Lipinski definition) is 2. The number of carbonyl (C=O) groups is 2. The van der Waals surface area contributed by atoms with Crippen molar-refractivity contribution in [3.05, 3.63) is 83.9 Å². The van der Waals surface area contributed by atoms with Crippen LogP contribution in [-0.2, 0) is 55.8 Å². The van der Waals surface area contributed by atoms with Crippen LogP contribution in [-0.4, -0.2) is 150 Å². The number of hydrogen-bond acceptors (Lipinski definition) is 16. The van der Waals surface area contributed by atoms with Gasteiger partial charge >= 0.3 is 19.7 Å². The Balaban J connectivity index is 0.00000840. The molecule has 3 fully saturated rings. The molecule has 3 aliphatic rings. The van der Waals surface area contributed by atoms with Crippen LogP contribution >= 0.6 is 31.6 Å². The lowest BCUT2D eigenvalue weighted by molar-refractivity contribution is -0.150. The van der Waals surface area contributed by atoms with E-state index in [9.17, 15) is 27.7 Å². The van der Waals surface area contributed by atoms with E-state index in [4.69, 9.17) is 37.5 Å². The fourth-order valence-electron chi connectivity index (χ4n) is 7.94. The van der Waals surface area contributed by atoms with E-state index in [-0.39, 0.29) is 84.9 Å². The second-order valence-corrected chi connectivity index (χ2v) is 21.0. The molecule has 0 spiro atoms. The SMILES string of the molecule is CCOC(=O)C(C)OP(=O)(COc1ccc(C[C@H](NC(=O)O[C@H]2CO[C@H]3OCC[C@H]32)[C@H](O)CN(CC(C)C)S(=O)(=O)c2ccc(OC)cc2)cc1)Oc1cccc(CN2CCN(C)CC2)c1.I. The van der Waals surface area contributed by atoms with E-state index in [1.807, 2.05) is 26.0 Å². The Kier molecular flexibility index (Phi) is 20.6. The van der Waals surface area contributed by atoms with Gasteiger partial charge in [-0.2, -0.15) is 4.31 Å². The fourth-order valence-corrected chi connectivity index (χ4v) is 11.0. The van der Waals surface area contributed by atoms with Crippen molar-refractivity contribution in [2.75, 3.05) is 79.6 Å². The molecule has 7 atom stereocenters. The first-order chi connectivity index (χ1) is 31.5. The Labute approximate surface area is 411 Å². The molecule has 3 aromatic rings. The molecule has 2 unspecified atom stereocenters. The van der Waals surface area contributed by atoms with E-state index in [1.165, 1.54) is 30.5 Å². The first-order valence-corrected chi connectivity index (χ1v) is 25.6. The predicted molar refractivity (Wildman–Crippen MR) is 259 cm³/mol. The molecule has 0 radical (unpaired) electrons. The van der Waals surface area contributed by atoms with E-state index in [0.717, 1.165) is 31.7 Å². The van der Waals surface area contributed by atoms with Crippen LogP contribution in [0.2, 0.25) is 0 Å². The maximum absolute atomic E-state index is 14.4. The minimum absolute atomic E-state index is 0. The smallest absolute Gasteiger partial charge is 0.417 e. The molecule has 67 heavy (non-hydrogen) atoms. The largest absolute Gasteiger partial charge is 0.497 e. The predicted octanol–water partition coefficient (Wildman–Crippen LogP) is 5.74. The highest BCUT2D eigenvalue weighted by Gasteiger charge is 2.44. The number of alkyl carbamates (subject to hydrolysis) is 1. The topological polar surface area (TPSA) is 201 Å². The fraction of sp³-hybridized carbons (Fsp3) is 0.565. The molecular formula is C46H66IN4O14PS. The Hall–Kier alpha value is -3.57. The summed E-state index contributed by atoms with van der Waals surface area (Å²) in [5.41, 5.74) is 1.60. The van der Waals surface area contributed by atoms with Gasteiger partial charge in [-0.1, -0.05) is 38.1 Å². The summed E-state index contributed by atoms with van der Waals surface area (Å²) < 4.78 is 88.7. The summed E-state index contributed by atoms with van der Waals surface area (Å²) in [6.45, 7) is 11.8. The van der Waals surface area contributed by atoms with Gasteiger partial charge in [0.15, 0.2) is 12.4 Å². The van der Waals surface area contributed by atoms with Gasteiger partial charge in [-0.05, 0) is 99.3 Å². The summed E-state index contributed by atoms with van der Waals surface area (Å²) in [5, 5.41) is 14.6. The van der Waals surface area contributed by atoms with Crippen LogP contribution < -0.4 is 19.3 Å². The van der Waals surface area contributed by atoms with E-state index >= 15 is 0 Å². The van der Waals surface area contributed by atoms with Crippen molar-refractivity contribution >= 4 is 53.7 Å². The molecule has 3 aliphatic heterocycles. The highest BCUT2D eigenvalue weighted by atomic mass is 127. The zero-order valence-electron chi connectivity index (χ0n) is 39.0. The highest BCUT2D eigenvalue weighted by Crippen LogP contribution is 2.50. The molecule has 3 aromatic carbocycles. The molecule has 0 saturated carbocycles. The Bertz CT molecular complexity index is 2200. The number of likely N-dealkylation sites (N-methyl/N-ethyl adjacent to an activating group) is 1. The number of piperazine rings is 1. The Morgan fingerprint density at radius 3 is 2.31 bits per heavy atom. The van der Waals surface area contributed by atoms with Crippen molar-refractivity contribution in [1.82, 2.24) is 19.4 Å². The monoisotopic (exact) mass is 1090 g/mol. The molecule has 0 aliphatic carbocycles. The third kappa shape index (κ3) is 15.7. The van der Waals surface area contributed by atoms with E-state index in [1.54, 1.807) is 55.5 Å². The number of rotatable bonds is 23. The summed E-state index contributed by atoms with van der Waals surface area (Å²) in [6.07, 6.45) is -4.27. The lowest BCUT2D eigenvalue weighted by atomic mass is 10.0. The summed E-state index contributed by atoms with van der Waals surface area (Å²) in [5.74, 6) is 0.129. The summed E-state index contributed by atoms with van der Waals surface area (Å²) in [4.78, 5) is 30.7. The van der Waals surface area contributed by atoms with Gasteiger partial charge in [0, 0.05) is 45.8 Å². The van der Waals surface area contributed by atoms with E-state index < -0.39 is 66.7 Å². The average Bonchev–Trinajstić information content (AvgIpc) is 3.92. The lowest BCUT2D eigenvalue weighted by Crippen LogP contribution is -2.51. The van der Waals surface area contributed by atoms with Crippen molar-refractivity contribution in [2.24, 2.45) is 11.8 Å². The number of aliphatic hydroxyl groups is 1. The van der Waals surface area contributed by atoms with Gasteiger partial charge in [0.2, 0.25) is 16.4 Å². The number of carbonyl (C=O) groups excluding carboxylic acids is 2. The summed E-state index contributed by atoms with van der Waals surface area (Å²) >= 11 is 0. The number of esters is 1. The standard InChI is InChI=1S/C46H65N4O14PS.HI/c1-7-58-44(52)33(4)63-65(54,64-38-10-8-9-35(25-38)28-49-22-20-48(5)21-23-49)31-61-37-13-11-34(12-14-37)26-41(47-46(53)62-43-30-60-45-40(43)19-24-59-45)42(51)29-50(27-32(2)3)66(55,56)39-17-15-36(57-6)16-18-39;/h8-18,25,32-33,40-43,45,51H,7,19-24,26-31H2,1-6H3,(H,47,53);1H/t33?,40-,41-,42+,43-,45+,65?;/m0./s1. The van der Waals surface area contributed by atoms with Crippen molar-refractivity contribution in [3.63, 3.8) is 0 Å². The molecule has 0 bridgehead atoms. The van der Waals surface area contributed by atoms with Gasteiger partial charge in [0.25, 0.3) is 0 Å². The highest BCUT2D eigenvalue weighted by molar-refractivity contribution is 14.0. The molecule has 6 rings (SSSR count). The van der Waals surface area contributed by atoms with Crippen molar-refractivity contribution in [3.8, 4) is 17.2 Å². The van der Waals surface area contributed by atoms with Crippen LogP contribution in [0.15, 0.2) is 77.7 Å². The molecule has 2 N–H and O–H groups in total. The molecule has 1 amide bonds. The normalized spacial score (nSPS) is 21.1. The van der Waals surface area contributed by atoms with Crippen LogP contribution in [0.5, 0.6) is 17.2 Å². The third-order valence-electron chi connectivity index (χ3n) is 11.5. The zero-order chi connectivity index (χ0) is 47.4. The second-order valence-electron chi connectivity index (χ2n) is 17.2. The molecule has 3 heterocycles. The number of halogens is 1. The lowest BCUT2D eigenvalue weighted by Gasteiger charge is -2.32. The van der Waals surface area contributed by atoms with Gasteiger partial charge in [0.05, 0.1) is 49.9 Å². The van der Waals surface area contributed by atoms with Gasteiger partial charge in [0.1, 0.15) is 23.4 Å². The number of sulfonamides is 1. The number of methoxy groups -OCH3 is 1. The van der Waals surface area contributed by atoms with Crippen molar-refractivity contribution in [2.45, 2.75) is 82.6 Å². The van der Waals surface area contributed by atoms with Crippen LogP contribution in [0.1, 0.15) is 45.2 Å². The van der Waals surface area contributed by atoms with Gasteiger partial charge in [-0.25, -0.2) is 22.6 Å². The Morgan fingerprint density at radius 2 is 1.64 bits per heavy atom. The first kappa shape index (κ1) is 54.4. The zero-order valence-corrected chi connectivity index (χ0v) is 43.1. The molecule has 372 valence electrons. The van der Waals surface area contributed by atoms with Crippen LogP contribution in [0.25, 0.3) is 0 Å². The molecule has 0 aromatic heterocycles. The van der Waals surface area contributed by atoms with E-state index in [2.05, 4.69) is 22.2 Å². The number of ether oxygens (including phenoxy) is 6. The molecule has 21 heteroatoms.